The molecule has 11 heteroatoms. The zero-order valence-electron chi connectivity index (χ0n) is 19.9. The van der Waals surface area contributed by atoms with Gasteiger partial charge in [-0.2, -0.15) is 5.10 Å². The van der Waals surface area contributed by atoms with Crippen LogP contribution in [0.25, 0.3) is 22.0 Å². The van der Waals surface area contributed by atoms with Crippen molar-refractivity contribution in [3.8, 4) is 16.9 Å². The third kappa shape index (κ3) is 3.89. The Bertz CT molecular complexity index is 1530. The number of rotatable bonds is 5. The number of carbonyl (C=O) groups excluding carboxylic acids is 1. The van der Waals surface area contributed by atoms with Crippen LogP contribution in [0.3, 0.4) is 0 Å². The predicted octanol–water partition coefficient (Wildman–Crippen LogP) is 3.18. The molecular formula is C26H20B2F2N4O3. The molecule has 0 N–H and O–H groups in total. The molecule has 1 amide bonds. The van der Waals surface area contributed by atoms with E-state index in [1.807, 2.05) is 0 Å². The van der Waals surface area contributed by atoms with Gasteiger partial charge in [0.05, 0.1) is 46.7 Å². The highest BCUT2D eigenvalue weighted by molar-refractivity contribution is 6.42. The molecule has 6 rings (SSSR count). The van der Waals surface area contributed by atoms with E-state index in [1.54, 1.807) is 36.1 Å². The number of fused-ring (bicyclic) bond motifs is 2. The number of amides is 1. The number of nitrogens with zero attached hydrogens (tertiary/aromatic N) is 4. The van der Waals surface area contributed by atoms with Crippen LogP contribution in [0.1, 0.15) is 28.0 Å². The summed E-state index contributed by atoms with van der Waals surface area (Å²) in [6.07, 6.45) is 3.94. The molecule has 7 nitrogen and oxygen atoms in total. The number of aromatic nitrogens is 3. The molecule has 0 bridgehead atoms. The lowest BCUT2D eigenvalue weighted by atomic mass is 9.59. The molecule has 0 saturated carbocycles. The number of halogens is 2. The van der Waals surface area contributed by atoms with Crippen LogP contribution < -0.4 is 4.74 Å². The monoisotopic (exact) mass is 496 g/mol. The topological polar surface area (TPSA) is 69.5 Å². The normalized spacial score (nSPS) is 18.5. The number of hydrogen-bond acceptors (Lipinski definition) is 5. The summed E-state index contributed by atoms with van der Waals surface area (Å²) in [5.41, 5.74) is 1.52. The van der Waals surface area contributed by atoms with E-state index in [1.165, 1.54) is 24.4 Å². The van der Waals surface area contributed by atoms with Gasteiger partial charge in [0.25, 0.3) is 5.91 Å². The largest absolute Gasteiger partial charge is 0.486 e. The maximum Gasteiger partial charge on any atom is 0.255 e. The molecule has 0 aliphatic carbocycles. The van der Waals surface area contributed by atoms with Gasteiger partial charge < -0.3 is 14.4 Å². The Kier molecular flexibility index (Phi) is 5.56. The molecule has 4 radical (unpaired) electrons. The number of carbonyl (C=O) groups is 1. The second-order valence-electron chi connectivity index (χ2n) is 9.31. The molecule has 2 aromatic carbocycles. The fraction of sp³-hybridized carbons (Fsp3) is 0.269. The fourth-order valence-electron chi connectivity index (χ4n) is 4.94. The van der Waals surface area contributed by atoms with Gasteiger partial charge in [-0.3, -0.25) is 14.5 Å². The summed E-state index contributed by atoms with van der Waals surface area (Å²) >= 11 is 0. The van der Waals surface area contributed by atoms with Gasteiger partial charge in [-0.15, -0.1) is 0 Å². The van der Waals surface area contributed by atoms with Gasteiger partial charge in [-0.1, -0.05) is 0 Å². The summed E-state index contributed by atoms with van der Waals surface area (Å²) < 4.78 is 43.8. The van der Waals surface area contributed by atoms with Crippen LogP contribution in [-0.2, 0) is 23.7 Å². The number of pyridine rings is 1. The molecular weight excluding hydrogens is 476 g/mol. The molecule has 182 valence electrons. The molecule has 2 aromatic heterocycles. The lowest BCUT2D eigenvalue weighted by Gasteiger charge is -2.33. The van der Waals surface area contributed by atoms with Crippen molar-refractivity contribution >= 4 is 32.5 Å². The summed E-state index contributed by atoms with van der Waals surface area (Å²) in [6.45, 7) is 0.681. The van der Waals surface area contributed by atoms with Crippen LogP contribution in [0, 0.1) is 11.6 Å². The molecule has 1 fully saturated rings. The molecule has 2 aliphatic rings. The summed E-state index contributed by atoms with van der Waals surface area (Å²) in [5, 5.41) is 3.39. The lowest BCUT2D eigenvalue weighted by molar-refractivity contribution is 0.0727. The molecule has 2 aliphatic heterocycles. The van der Waals surface area contributed by atoms with Gasteiger partial charge in [-0.25, -0.2) is 8.78 Å². The predicted molar refractivity (Wildman–Crippen MR) is 133 cm³/mol. The summed E-state index contributed by atoms with van der Waals surface area (Å²) in [7, 11) is 14.1. The molecule has 1 atom stereocenters. The van der Waals surface area contributed by atoms with Crippen molar-refractivity contribution in [3.63, 3.8) is 0 Å². The van der Waals surface area contributed by atoms with Crippen molar-refractivity contribution in [2.75, 3.05) is 13.2 Å². The molecule has 4 heterocycles. The molecule has 0 unspecified atom stereocenters. The second-order valence-corrected chi connectivity index (χ2v) is 9.31. The molecule has 4 aromatic rings. The van der Waals surface area contributed by atoms with Crippen molar-refractivity contribution < 1.29 is 23.0 Å². The Hall–Kier alpha value is -3.72. The van der Waals surface area contributed by atoms with E-state index in [4.69, 9.17) is 25.2 Å². The zero-order valence-corrected chi connectivity index (χ0v) is 19.9. The SMILES string of the molecule is [B]C1([B])c2ncccc2C(=O)N1Cc1c(F)cc(-c2ccc(O[C@H]3CCOC3)c3nn(C)cc23)cc1F. The Morgan fingerprint density at radius 1 is 1.19 bits per heavy atom. The first-order valence-corrected chi connectivity index (χ1v) is 11.8. The van der Waals surface area contributed by atoms with Crippen LogP contribution in [0.2, 0.25) is 0 Å². The van der Waals surface area contributed by atoms with E-state index in [2.05, 4.69) is 10.1 Å². The average Bonchev–Trinajstić information content (AvgIpc) is 3.56. The van der Waals surface area contributed by atoms with Gasteiger partial charge in [0.15, 0.2) is 0 Å². The van der Waals surface area contributed by atoms with Crippen LogP contribution in [0.5, 0.6) is 5.75 Å². The number of hydrogen-bond donors (Lipinski definition) is 0. The third-order valence-corrected chi connectivity index (χ3v) is 6.81. The average molecular weight is 496 g/mol. The van der Waals surface area contributed by atoms with Gasteiger partial charge in [-0.05, 0) is 47.5 Å². The summed E-state index contributed by atoms with van der Waals surface area (Å²) in [6, 6.07) is 9.06. The Labute approximate surface area is 214 Å². The quantitative estimate of drug-likeness (QED) is 0.398. The smallest absolute Gasteiger partial charge is 0.255 e. The fourth-order valence-corrected chi connectivity index (χ4v) is 4.94. The van der Waals surface area contributed by atoms with Crippen molar-refractivity contribution in [2.24, 2.45) is 7.05 Å². The summed E-state index contributed by atoms with van der Waals surface area (Å²) in [4.78, 5) is 18.0. The van der Waals surface area contributed by atoms with E-state index < -0.39 is 29.4 Å². The zero-order chi connectivity index (χ0) is 25.9. The third-order valence-electron chi connectivity index (χ3n) is 6.81. The highest BCUT2D eigenvalue weighted by Gasteiger charge is 2.43. The van der Waals surface area contributed by atoms with E-state index in [0.29, 0.717) is 41.0 Å². The highest BCUT2D eigenvalue weighted by atomic mass is 19.1. The molecule has 0 spiro atoms. The van der Waals surface area contributed by atoms with Crippen LogP contribution in [-0.4, -0.2) is 60.6 Å². The Morgan fingerprint density at radius 3 is 2.68 bits per heavy atom. The minimum absolute atomic E-state index is 0.0722. The molecule has 1 saturated heterocycles. The molecule has 37 heavy (non-hydrogen) atoms. The Morgan fingerprint density at radius 2 is 1.97 bits per heavy atom. The van der Waals surface area contributed by atoms with Gasteiger partial charge in [0.2, 0.25) is 0 Å². The van der Waals surface area contributed by atoms with Crippen molar-refractivity contribution in [1.29, 1.82) is 0 Å². The lowest BCUT2D eigenvalue weighted by Crippen LogP contribution is -2.45. The van der Waals surface area contributed by atoms with Crippen LogP contribution in [0.15, 0.2) is 48.8 Å². The minimum atomic E-state index is -1.80. The number of benzene rings is 2. The Balaban J connectivity index is 1.35. The van der Waals surface area contributed by atoms with Crippen LogP contribution in [0.4, 0.5) is 8.78 Å². The van der Waals surface area contributed by atoms with Crippen molar-refractivity contribution in [1.82, 2.24) is 19.7 Å². The number of ether oxygens (including phenoxy) is 2. The van der Waals surface area contributed by atoms with E-state index in [-0.39, 0.29) is 22.9 Å². The van der Waals surface area contributed by atoms with E-state index in [0.717, 1.165) is 11.3 Å². The first-order valence-electron chi connectivity index (χ1n) is 11.8. The maximum absolute atomic E-state index is 15.4. The van der Waals surface area contributed by atoms with Gasteiger partial charge in [0.1, 0.15) is 29.0 Å². The maximum atomic E-state index is 15.4. The van der Waals surface area contributed by atoms with Gasteiger partial charge in [0, 0.05) is 42.1 Å². The number of aryl methyl sites for hydroxylation is 1. The van der Waals surface area contributed by atoms with E-state index in [9.17, 15) is 4.79 Å². The van der Waals surface area contributed by atoms with Crippen molar-refractivity contribution in [3.05, 3.63) is 77.2 Å². The summed E-state index contributed by atoms with van der Waals surface area (Å²) in [5.74, 6) is -1.63. The first-order chi connectivity index (χ1) is 17.7. The standard InChI is InChI=1S/C26H20B2F2N4O3/c1-33-11-18-16(4-5-22(23(18)32-33)37-15-6-8-36-13-15)14-9-20(29)19(21(30)10-14)12-34-25(35)17-3-2-7-31-24(17)26(34,27)28/h2-5,7,9-11,15H,6,8,12-13H2,1H3/t15-/m0/s1. The second kappa shape index (κ2) is 8.69. The van der Waals surface area contributed by atoms with E-state index >= 15 is 8.78 Å². The highest BCUT2D eigenvalue weighted by Crippen LogP contribution is 2.38. The van der Waals surface area contributed by atoms with Crippen LogP contribution >= 0.6 is 0 Å². The van der Waals surface area contributed by atoms with Crippen molar-refractivity contribution in [2.45, 2.75) is 24.4 Å². The first kappa shape index (κ1) is 23.7. The minimum Gasteiger partial charge on any atom is -0.486 e. The van der Waals surface area contributed by atoms with Gasteiger partial charge >= 0.3 is 0 Å².